The molecule has 0 atom stereocenters. The van der Waals surface area contributed by atoms with Crippen molar-refractivity contribution in [3.05, 3.63) is 64.8 Å². The molecule has 0 aliphatic heterocycles. The first-order valence-corrected chi connectivity index (χ1v) is 11.3. The first-order chi connectivity index (χ1) is 14.1. The van der Waals surface area contributed by atoms with E-state index in [1.807, 2.05) is 38.1 Å². The maximum atomic E-state index is 12.8. The molecule has 0 N–H and O–H groups in total. The summed E-state index contributed by atoms with van der Waals surface area (Å²) in [5.74, 6) is 1.53. The van der Waals surface area contributed by atoms with E-state index in [0.29, 0.717) is 16.9 Å². The molecule has 0 spiro atoms. The van der Waals surface area contributed by atoms with Crippen LogP contribution < -0.4 is 0 Å². The molecule has 0 bridgehead atoms. The minimum Gasteiger partial charge on any atom is -0.416 e. The zero-order valence-corrected chi connectivity index (χ0v) is 17.9. The normalized spacial score (nSPS) is 15.0. The average Bonchev–Trinajstić information content (AvgIpc) is 3.34. The van der Waals surface area contributed by atoms with Crippen molar-refractivity contribution in [2.45, 2.75) is 63.6 Å². The van der Waals surface area contributed by atoms with Gasteiger partial charge in [-0.15, -0.1) is 10.2 Å². The zero-order valence-electron chi connectivity index (χ0n) is 17.1. The van der Waals surface area contributed by atoms with Gasteiger partial charge in [-0.05, 0) is 38.3 Å². The number of benzene rings is 1. The highest BCUT2D eigenvalue weighted by Crippen LogP contribution is 2.33. The van der Waals surface area contributed by atoms with Gasteiger partial charge < -0.3 is 8.98 Å². The monoisotopic (exact) mass is 409 g/mol. The van der Waals surface area contributed by atoms with Crippen LogP contribution >= 0.6 is 11.8 Å². The summed E-state index contributed by atoms with van der Waals surface area (Å²) in [7, 11) is 0. The van der Waals surface area contributed by atoms with Crippen molar-refractivity contribution in [2.24, 2.45) is 0 Å². The summed E-state index contributed by atoms with van der Waals surface area (Å²) in [5.41, 5.74) is 4.10. The minimum absolute atomic E-state index is 0.0971. The van der Waals surface area contributed by atoms with Gasteiger partial charge in [-0.3, -0.25) is 4.79 Å². The van der Waals surface area contributed by atoms with Crippen LogP contribution in [0.25, 0.3) is 0 Å². The molecule has 0 saturated heterocycles. The molecule has 0 unspecified atom stereocenters. The third-order valence-electron chi connectivity index (χ3n) is 5.76. The van der Waals surface area contributed by atoms with E-state index in [0.717, 1.165) is 42.2 Å². The first kappa shape index (κ1) is 20.0. The molecule has 0 radical (unpaired) electrons. The Balaban J connectivity index is 1.40. The maximum absolute atomic E-state index is 12.8. The standard InChI is InChI=1S/C23H27N3O2S/c1-16-13-20(17(2)26(16)14-18-9-5-3-6-10-18)21(27)15-29-23-25-24-22(28-23)19-11-7-4-8-12-19/h3,5-6,9-10,13,19H,4,7-8,11-12,14-15H2,1-2H3. The van der Waals surface area contributed by atoms with Crippen LogP contribution in [0, 0.1) is 13.8 Å². The number of nitrogens with zero attached hydrogens (tertiary/aromatic N) is 3. The summed E-state index contributed by atoms with van der Waals surface area (Å²) in [6.45, 7) is 4.84. The number of hydrogen-bond donors (Lipinski definition) is 0. The van der Waals surface area contributed by atoms with Crippen LogP contribution in [-0.2, 0) is 6.54 Å². The highest BCUT2D eigenvalue weighted by Gasteiger charge is 2.22. The lowest BCUT2D eigenvalue weighted by Gasteiger charge is -2.17. The van der Waals surface area contributed by atoms with Gasteiger partial charge in [0, 0.05) is 29.4 Å². The van der Waals surface area contributed by atoms with E-state index in [-0.39, 0.29) is 5.78 Å². The zero-order chi connectivity index (χ0) is 20.2. The van der Waals surface area contributed by atoms with Gasteiger partial charge >= 0.3 is 0 Å². The lowest BCUT2D eigenvalue weighted by atomic mass is 9.89. The number of hydrogen-bond acceptors (Lipinski definition) is 5. The summed E-state index contributed by atoms with van der Waals surface area (Å²) in [4.78, 5) is 12.8. The van der Waals surface area contributed by atoms with Crippen molar-refractivity contribution >= 4 is 17.5 Å². The Kier molecular flexibility index (Phi) is 6.19. The van der Waals surface area contributed by atoms with Crippen molar-refractivity contribution < 1.29 is 9.21 Å². The number of ketones is 1. The number of aromatic nitrogens is 3. The third-order valence-corrected chi connectivity index (χ3v) is 6.58. The van der Waals surface area contributed by atoms with Crippen LogP contribution in [0.15, 0.2) is 46.0 Å². The number of carbonyl (C=O) groups excluding carboxylic acids is 1. The second kappa shape index (κ2) is 8.99. The lowest BCUT2D eigenvalue weighted by molar-refractivity contribution is 0.102. The van der Waals surface area contributed by atoms with Gasteiger partial charge in [-0.2, -0.15) is 0 Å². The Morgan fingerprint density at radius 1 is 1.14 bits per heavy atom. The number of aryl methyl sites for hydroxylation is 1. The smallest absolute Gasteiger partial charge is 0.277 e. The summed E-state index contributed by atoms with van der Waals surface area (Å²) >= 11 is 1.34. The van der Waals surface area contributed by atoms with Gasteiger partial charge in [0.05, 0.1) is 5.75 Å². The fourth-order valence-electron chi connectivity index (χ4n) is 4.09. The van der Waals surface area contributed by atoms with Gasteiger partial charge in [-0.25, -0.2) is 0 Å². The van der Waals surface area contributed by atoms with Crippen LogP contribution in [0.2, 0.25) is 0 Å². The predicted octanol–water partition coefficient (Wildman–Crippen LogP) is 5.56. The molecule has 4 rings (SSSR count). The Morgan fingerprint density at radius 3 is 2.66 bits per heavy atom. The Morgan fingerprint density at radius 2 is 1.90 bits per heavy atom. The first-order valence-electron chi connectivity index (χ1n) is 10.3. The molecule has 5 nitrogen and oxygen atoms in total. The van der Waals surface area contributed by atoms with Crippen molar-refractivity contribution in [3.63, 3.8) is 0 Å². The van der Waals surface area contributed by atoms with Gasteiger partial charge in [0.15, 0.2) is 5.78 Å². The average molecular weight is 410 g/mol. The van der Waals surface area contributed by atoms with E-state index in [2.05, 4.69) is 26.9 Å². The molecule has 29 heavy (non-hydrogen) atoms. The predicted molar refractivity (Wildman–Crippen MR) is 115 cm³/mol. The van der Waals surface area contributed by atoms with Gasteiger partial charge in [0.2, 0.25) is 5.89 Å². The van der Waals surface area contributed by atoms with Crippen LogP contribution in [-0.4, -0.2) is 26.3 Å². The number of carbonyl (C=O) groups is 1. The van der Waals surface area contributed by atoms with Crippen LogP contribution in [0.3, 0.4) is 0 Å². The largest absolute Gasteiger partial charge is 0.416 e. The SMILES string of the molecule is Cc1cc(C(=O)CSc2nnc(C3CCCCC3)o2)c(C)n1Cc1ccccc1. The van der Waals surface area contributed by atoms with E-state index >= 15 is 0 Å². The molecule has 1 saturated carbocycles. The van der Waals surface area contributed by atoms with Crippen molar-refractivity contribution in [1.29, 1.82) is 0 Å². The van der Waals surface area contributed by atoms with E-state index in [1.54, 1.807) is 0 Å². The summed E-state index contributed by atoms with van der Waals surface area (Å²) < 4.78 is 8.03. The van der Waals surface area contributed by atoms with Gasteiger partial charge in [0.25, 0.3) is 5.22 Å². The number of rotatable bonds is 7. The van der Waals surface area contributed by atoms with E-state index in [4.69, 9.17) is 4.42 Å². The van der Waals surface area contributed by atoms with E-state index < -0.39 is 0 Å². The Labute approximate surface area is 175 Å². The molecule has 2 heterocycles. The van der Waals surface area contributed by atoms with Crippen LogP contribution in [0.1, 0.15) is 71.2 Å². The molecule has 152 valence electrons. The summed E-state index contributed by atoms with van der Waals surface area (Å²) in [5, 5.41) is 8.86. The minimum atomic E-state index is 0.0971. The molecule has 1 aromatic carbocycles. The van der Waals surface area contributed by atoms with Gasteiger partial charge in [-0.1, -0.05) is 61.4 Å². The Hall–Kier alpha value is -2.34. The highest BCUT2D eigenvalue weighted by molar-refractivity contribution is 7.99. The number of Topliss-reactive ketones (excluding diaryl/α,β-unsaturated/α-hetero) is 1. The fraction of sp³-hybridized carbons (Fsp3) is 0.435. The van der Waals surface area contributed by atoms with Gasteiger partial charge in [0.1, 0.15) is 0 Å². The van der Waals surface area contributed by atoms with Crippen molar-refractivity contribution in [3.8, 4) is 0 Å². The van der Waals surface area contributed by atoms with Crippen LogP contribution in [0.5, 0.6) is 0 Å². The topological polar surface area (TPSA) is 60.9 Å². The fourth-order valence-corrected chi connectivity index (χ4v) is 4.74. The third kappa shape index (κ3) is 4.64. The molecular formula is C23H27N3O2S. The lowest BCUT2D eigenvalue weighted by Crippen LogP contribution is -2.07. The quantitative estimate of drug-likeness (QED) is 0.378. The number of thioether (sulfide) groups is 1. The summed E-state index contributed by atoms with van der Waals surface area (Å²) in [6, 6.07) is 12.3. The summed E-state index contributed by atoms with van der Waals surface area (Å²) in [6.07, 6.45) is 6.00. The molecule has 3 aromatic rings. The van der Waals surface area contributed by atoms with E-state index in [9.17, 15) is 4.79 Å². The molecule has 0 amide bonds. The highest BCUT2D eigenvalue weighted by atomic mass is 32.2. The second-order valence-electron chi connectivity index (χ2n) is 7.81. The molecule has 1 aliphatic rings. The van der Waals surface area contributed by atoms with Crippen molar-refractivity contribution in [2.75, 3.05) is 5.75 Å². The molecule has 1 aliphatic carbocycles. The molecule has 2 aromatic heterocycles. The van der Waals surface area contributed by atoms with Crippen LogP contribution in [0.4, 0.5) is 0 Å². The maximum Gasteiger partial charge on any atom is 0.277 e. The molecular weight excluding hydrogens is 382 g/mol. The van der Waals surface area contributed by atoms with Crippen molar-refractivity contribution in [1.82, 2.24) is 14.8 Å². The molecule has 1 fully saturated rings. The Bertz CT molecular complexity index is 971. The molecule has 6 heteroatoms. The second-order valence-corrected chi connectivity index (χ2v) is 8.74. The van der Waals surface area contributed by atoms with E-state index in [1.165, 1.54) is 36.6 Å².